The van der Waals surface area contributed by atoms with Crippen LogP contribution in [0.15, 0.2) is 45.1 Å². The maximum absolute atomic E-state index is 12.4. The molecule has 6 nitrogen and oxygen atoms in total. The molecular formula is C18H20N4O2S. The molecule has 1 aromatic carbocycles. The number of thioether (sulfide) groups is 1. The summed E-state index contributed by atoms with van der Waals surface area (Å²) < 4.78 is 1.89. The minimum atomic E-state index is -0.355. The summed E-state index contributed by atoms with van der Waals surface area (Å²) in [4.78, 5) is 29.0. The molecule has 0 spiro atoms. The summed E-state index contributed by atoms with van der Waals surface area (Å²) in [6.45, 7) is 0.527. The van der Waals surface area contributed by atoms with Gasteiger partial charge in [-0.15, -0.1) is 0 Å². The van der Waals surface area contributed by atoms with Crippen LogP contribution in [0.1, 0.15) is 37.7 Å². The fraction of sp³-hybridized carbons (Fsp3) is 0.389. The number of aromatic nitrogens is 4. The predicted octanol–water partition coefficient (Wildman–Crippen LogP) is 2.89. The van der Waals surface area contributed by atoms with Crippen LogP contribution in [0.4, 0.5) is 0 Å². The van der Waals surface area contributed by atoms with E-state index in [4.69, 9.17) is 0 Å². The van der Waals surface area contributed by atoms with Gasteiger partial charge in [-0.25, -0.2) is 4.98 Å². The van der Waals surface area contributed by atoms with Crippen LogP contribution >= 0.6 is 11.8 Å². The molecule has 130 valence electrons. The first-order valence-corrected chi connectivity index (χ1v) is 9.52. The number of hydrogen-bond donors (Lipinski definition) is 2. The summed E-state index contributed by atoms with van der Waals surface area (Å²) in [6, 6.07) is 9.94. The molecule has 1 saturated carbocycles. The van der Waals surface area contributed by atoms with E-state index in [1.165, 1.54) is 19.3 Å². The van der Waals surface area contributed by atoms with Gasteiger partial charge >= 0.3 is 0 Å². The minimum absolute atomic E-state index is 0.220. The van der Waals surface area contributed by atoms with Crippen molar-refractivity contribution in [1.29, 1.82) is 0 Å². The summed E-state index contributed by atoms with van der Waals surface area (Å²) in [5.74, 6) is 0. The lowest BCUT2D eigenvalue weighted by Crippen LogP contribution is -2.21. The second-order valence-electron chi connectivity index (χ2n) is 6.45. The third-order valence-electron chi connectivity index (χ3n) is 4.66. The molecule has 1 aliphatic rings. The van der Waals surface area contributed by atoms with Crippen molar-refractivity contribution in [2.75, 3.05) is 0 Å². The van der Waals surface area contributed by atoms with Crippen LogP contribution in [0, 0.1) is 0 Å². The molecule has 0 amide bonds. The van der Waals surface area contributed by atoms with E-state index in [1.807, 2.05) is 34.9 Å². The van der Waals surface area contributed by atoms with Crippen molar-refractivity contribution >= 4 is 22.8 Å². The zero-order valence-electron chi connectivity index (χ0n) is 13.8. The van der Waals surface area contributed by atoms with Gasteiger partial charge in [0.25, 0.3) is 11.1 Å². The number of benzene rings is 1. The average Bonchev–Trinajstić information content (AvgIpc) is 2.99. The Morgan fingerprint density at radius 1 is 1.04 bits per heavy atom. The monoisotopic (exact) mass is 356 g/mol. The highest BCUT2D eigenvalue weighted by atomic mass is 32.2. The van der Waals surface area contributed by atoms with Gasteiger partial charge in [0.2, 0.25) is 0 Å². The first kappa shape index (κ1) is 16.2. The van der Waals surface area contributed by atoms with Crippen molar-refractivity contribution in [2.24, 2.45) is 0 Å². The quantitative estimate of drug-likeness (QED) is 0.753. The molecule has 0 atom stereocenters. The number of rotatable bonds is 4. The number of nitrogens with one attached hydrogen (secondary N) is 2. The van der Waals surface area contributed by atoms with E-state index < -0.39 is 0 Å². The lowest BCUT2D eigenvalue weighted by atomic mass is 10.0. The Morgan fingerprint density at radius 3 is 2.52 bits per heavy atom. The molecule has 2 heterocycles. The van der Waals surface area contributed by atoms with Crippen molar-refractivity contribution in [3.63, 3.8) is 0 Å². The molecule has 4 rings (SSSR count). The summed E-state index contributed by atoms with van der Waals surface area (Å²) in [6.07, 6.45) is 6.07. The Kier molecular flexibility index (Phi) is 4.48. The fourth-order valence-electron chi connectivity index (χ4n) is 3.39. The highest BCUT2D eigenvalue weighted by molar-refractivity contribution is 7.99. The Labute approximate surface area is 148 Å². The average molecular weight is 356 g/mol. The van der Waals surface area contributed by atoms with Crippen LogP contribution in [0.2, 0.25) is 0 Å². The van der Waals surface area contributed by atoms with Crippen LogP contribution in [-0.4, -0.2) is 25.0 Å². The predicted molar refractivity (Wildman–Crippen MR) is 99.2 cm³/mol. The van der Waals surface area contributed by atoms with Crippen molar-refractivity contribution in [3.8, 4) is 0 Å². The number of hydrogen-bond acceptors (Lipinski definition) is 4. The fourth-order valence-corrected chi connectivity index (χ4v) is 4.68. The molecule has 2 aromatic heterocycles. The van der Waals surface area contributed by atoms with Gasteiger partial charge in [-0.05, 0) is 18.4 Å². The van der Waals surface area contributed by atoms with Gasteiger partial charge in [-0.2, -0.15) is 0 Å². The smallest absolute Gasteiger partial charge is 0.290 e. The molecule has 2 N–H and O–H groups in total. The van der Waals surface area contributed by atoms with Crippen molar-refractivity contribution < 1.29 is 0 Å². The molecule has 1 aliphatic carbocycles. The summed E-state index contributed by atoms with van der Waals surface area (Å²) >= 11 is 1.70. The third kappa shape index (κ3) is 3.28. The lowest BCUT2D eigenvalue weighted by Gasteiger charge is -2.21. The second kappa shape index (κ2) is 6.92. The SMILES string of the molecule is O=c1[nH][nH]c(=O)c2c1nc(SC1CCCCC1)n2Cc1ccccc1. The first-order chi connectivity index (χ1) is 12.2. The van der Waals surface area contributed by atoms with Gasteiger partial charge in [-0.1, -0.05) is 61.4 Å². The molecule has 0 aliphatic heterocycles. The topological polar surface area (TPSA) is 83.5 Å². The largest absolute Gasteiger partial charge is 0.310 e. The van der Waals surface area contributed by atoms with Crippen molar-refractivity contribution in [3.05, 3.63) is 56.6 Å². The molecule has 0 radical (unpaired) electrons. The Bertz CT molecular complexity index is 984. The van der Waals surface area contributed by atoms with E-state index in [9.17, 15) is 9.59 Å². The molecule has 25 heavy (non-hydrogen) atoms. The van der Waals surface area contributed by atoms with E-state index >= 15 is 0 Å². The molecule has 7 heteroatoms. The zero-order valence-corrected chi connectivity index (χ0v) is 14.6. The summed E-state index contributed by atoms with van der Waals surface area (Å²) in [7, 11) is 0. The maximum atomic E-state index is 12.4. The van der Waals surface area contributed by atoms with E-state index in [0.29, 0.717) is 17.3 Å². The molecule has 0 saturated heterocycles. The number of aromatic amines is 2. The molecular weight excluding hydrogens is 336 g/mol. The number of fused-ring (bicyclic) bond motifs is 1. The van der Waals surface area contributed by atoms with Gasteiger partial charge in [0, 0.05) is 5.25 Å². The normalized spacial score (nSPS) is 15.7. The zero-order chi connectivity index (χ0) is 17.2. The molecule has 3 aromatic rings. The minimum Gasteiger partial charge on any atom is -0.310 e. The van der Waals surface area contributed by atoms with Crippen molar-refractivity contribution in [2.45, 2.75) is 49.1 Å². The van der Waals surface area contributed by atoms with Crippen molar-refractivity contribution in [1.82, 2.24) is 19.7 Å². The van der Waals surface area contributed by atoms with Gasteiger partial charge in [0.15, 0.2) is 10.7 Å². The summed E-state index contributed by atoms with van der Waals surface area (Å²) in [5, 5.41) is 6.05. The van der Waals surface area contributed by atoms with Crippen LogP contribution in [0.3, 0.4) is 0 Å². The van der Waals surface area contributed by atoms with Gasteiger partial charge in [-0.3, -0.25) is 19.8 Å². The van der Waals surface area contributed by atoms with E-state index in [-0.39, 0.29) is 16.6 Å². The maximum Gasteiger partial charge on any atom is 0.290 e. The summed E-state index contributed by atoms with van der Waals surface area (Å²) in [5.41, 5.74) is 0.983. The molecule has 1 fully saturated rings. The van der Waals surface area contributed by atoms with Crippen LogP contribution in [0.25, 0.3) is 11.0 Å². The highest BCUT2D eigenvalue weighted by Gasteiger charge is 2.22. The Balaban J connectivity index is 1.81. The van der Waals surface area contributed by atoms with Crippen LogP contribution in [-0.2, 0) is 6.54 Å². The van der Waals surface area contributed by atoms with Gasteiger partial charge in [0.05, 0.1) is 6.54 Å². The number of imidazole rings is 1. The lowest BCUT2D eigenvalue weighted by molar-refractivity contribution is 0.514. The Morgan fingerprint density at radius 2 is 1.76 bits per heavy atom. The standard InChI is InChI=1S/C18H20N4O2S/c23-16-14-15(17(24)21-20-16)22(11-12-7-3-1-4-8-12)18(19-14)25-13-9-5-2-6-10-13/h1,3-4,7-8,13H,2,5-6,9-11H2,(H,20,23)(H,21,24). The first-order valence-electron chi connectivity index (χ1n) is 8.64. The molecule has 0 unspecified atom stereocenters. The van der Waals surface area contributed by atoms with Crippen LogP contribution < -0.4 is 11.1 Å². The number of nitrogens with zero attached hydrogens (tertiary/aromatic N) is 2. The van der Waals surface area contributed by atoms with E-state index in [1.54, 1.807) is 11.8 Å². The van der Waals surface area contributed by atoms with E-state index in [0.717, 1.165) is 23.6 Å². The van der Waals surface area contributed by atoms with E-state index in [2.05, 4.69) is 15.2 Å². The number of H-pyrrole nitrogens is 2. The van der Waals surface area contributed by atoms with Crippen LogP contribution in [0.5, 0.6) is 0 Å². The Hall–Kier alpha value is -2.28. The highest BCUT2D eigenvalue weighted by Crippen LogP contribution is 2.34. The van der Waals surface area contributed by atoms with Gasteiger partial charge < -0.3 is 4.57 Å². The molecule has 0 bridgehead atoms. The third-order valence-corrected chi connectivity index (χ3v) is 5.99. The second-order valence-corrected chi connectivity index (χ2v) is 7.72. The van der Waals surface area contributed by atoms with Gasteiger partial charge in [0.1, 0.15) is 5.52 Å².